The molecule has 2 aliphatic heterocycles. The molecular formula is C33H52N2O2. The fraction of sp³-hybridized carbons (Fsp3) is 0.667. The van der Waals surface area contributed by atoms with Crippen molar-refractivity contribution < 1.29 is 9.53 Å². The van der Waals surface area contributed by atoms with Crippen LogP contribution in [0, 0.1) is 0 Å². The largest absolute Gasteiger partial charge is 0.497 e. The highest BCUT2D eigenvalue weighted by atomic mass is 16.5. The highest BCUT2D eigenvalue weighted by Crippen LogP contribution is 2.39. The second kappa shape index (κ2) is 15.9. The number of benzene rings is 1. The van der Waals surface area contributed by atoms with E-state index in [2.05, 4.69) is 66.2 Å². The Balaban J connectivity index is 1.29. The summed E-state index contributed by atoms with van der Waals surface area (Å²) in [6.45, 7) is 7.38. The predicted molar refractivity (Wildman–Crippen MR) is 158 cm³/mol. The van der Waals surface area contributed by atoms with Crippen molar-refractivity contribution in [1.82, 2.24) is 4.90 Å². The van der Waals surface area contributed by atoms with Gasteiger partial charge >= 0.3 is 0 Å². The number of amides is 1. The van der Waals surface area contributed by atoms with Gasteiger partial charge < -0.3 is 14.5 Å². The molecule has 1 amide bonds. The third-order valence-corrected chi connectivity index (χ3v) is 8.21. The van der Waals surface area contributed by atoms with Crippen LogP contribution in [0.1, 0.15) is 109 Å². The summed E-state index contributed by atoms with van der Waals surface area (Å²) in [5, 5.41) is 0. The zero-order valence-corrected chi connectivity index (χ0v) is 24.0. The van der Waals surface area contributed by atoms with Gasteiger partial charge in [0, 0.05) is 37.8 Å². The normalized spacial score (nSPS) is 19.8. The van der Waals surface area contributed by atoms with E-state index < -0.39 is 0 Å². The molecule has 3 rings (SSSR count). The lowest BCUT2D eigenvalue weighted by Crippen LogP contribution is -2.58. The number of nitrogens with zero attached hydrogens (tertiary/aromatic N) is 2. The summed E-state index contributed by atoms with van der Waals surface area (Å²) in [5.74, 6) is 1.26. The number of rotatable bonds is 16. The number of hydrogen-bond acceptors (Lipinski definition) is 3. The van der Waals surface area contributed by atoms with E-state index in [0.29, 0.717) is 12.3 Å². The van der Waals surface area contributed by atoms with Gasteiger partial charge in [0.2, 0.25) is 5.91 Å². The summed E-state index contributed by atoms with van der Waals surface area (Å²) in [7, 11) is 1.73. The van der Waals surface area contributed by atoms with Crippen molar-refractivity contribution >= 4 is 11.6 Å². The van der Waals surface area contributed by atoms with Crippen LogP contribution in [-0.2, 0) is 11.2 Å². The fourth-order valence-electron chi connectivity index (χ4n) is 5.95. The lowest BCUT2D eigenvalue weighted by Gasteiger charge is -2.47. The summed E-state index contributed by atoms with van der Waals surface area (Å²) in [4.78, 5) is 17.7. The second-order valence-corrected chi connectivity index (χ2v) is 11.3. The average molecular weight is 509 g/mol. The van der Waals surface area contributed by atoms with E-state index in [-0.39, 0.29) is 5.54 Å². The van der Waals surface area contributed by atoms with Crippen LogP contribution < -0.4 is 9.64 Å². The number of unbranched alkanes of at least 4 members (excludes halogenated alkanes) is 8. The molecule has 2 heterocycles. The van der Waals surface area contributed by atoms with Crippen molar-refractivity contribution in [3.8, 4) is 5.75 Å². The Hall–Kier alpha value is -2.23. The molecule has 1 fully saturated rings. The van der Waals surface area contributed by atoms with Gasteiger partial charge in [-0.2, -0.15) is 0 Å². The van der Waals surface area contributed by atoms with Crippen LogP contribution in [0.5, 0.6) is 5.75 Å². The fourth-order valence-corrected chi connectivity index (χ4v) is 5.95. The van der Waals surface area contributed by atoms with Gasteiger partial charge in [0.25, 0.3) is 0 Å². The number of methoxy groups -OCH3 is 1. The molecule has 4 nitrogen and oxygen atoms in total. The maximum Gasteiger partial charge on any atom is 0.222 e. The molecule has 2 aliphatic rings. The highest BCUT2D eigenvalue weighted by molar-refractivity contribution is 5.76. The molecule has 0 spiro atoms. The van der Waals surface area contributed by atoms with E-state index in [1.807, 2.05) is 0 Å². The summed E-state index contributed by atoms with van der Waals surface area (Å²) >= 11 is 0. The van der Waals surface area contributed by atoms with Crippen LogP contribution in [-0.4, -0.2) is 43.1 Å². The number of likely N-dealkylation sites (tertiary alicyclic amines) is 1. The number of carbonyl (C=O) groups excluding carboxylic acids is 1. The molecule has 0 saturated carbocycles. The molecule has 4 heteroatoms. The Morgan fingerprint density at radius 2 is 1.70 bits per heavy atom. The zero-order chi connectivity index (χ0) is 26.3. The standard InChI is InChI=1S/C33H52N2O2/c1-4-5-6-7-8-9-10-11-12-13-14-15-16-17-18-20-32(36)34-25-19-24-33(2,28-34)35-26-23-29-21-22-30(37-3)27-31(29)35/h8-9,11-12,21-22,27H,4-7,10,13-20,23-26,28H2,1-3H3/b9-8-,12-11-. The molecule has 1 aromatic rings. The van der Waals surface area contributed by atoms with Crippen LogP contribution >= 0.6 is 0 Å². The van der Waals surface area contributed by atoms with Crippen LogP contribution in [0.3, 0.4) is 0 Å². The first-order chi connectivity index (χ1) is 18.1. The van der Waals surface area contributed by atoms with Gasteiger partial charge in [0.15, 0.2) is 0 Å². The minimum absolute atomic E-state index is 0.00386. The minimum Gasteiger partial charge on any atom is -0.497 e. The van der Waals surface area contributed by atoms with E-state index in [9.17, 15) is 4.79 Å². The van der Waals surface area contributed by atoms with Gasteiger partial charge in [-0.3, -0.25) is 4.79 Å². The second-order valence-electron chi connectivity index (χ2n) is 11.3. The number of piperidine rings is 1. The molecule has 206 valence electrons. The number of fused-ring (bicyclic) bond motifs is 1. The Morgan fingerprint density at radius 1 is 0.973 bits per heavy atom. The summed E-state index contributed by atoms with van der Waals surface area (Å²) < 4.78 is 5.49. The third kappa shape index (κ3) is 9.23. The summed E-state index contributed by atoms with van der Waals surface area (Å²) in [6.07, 6.45) is 26.7. The first-order valence-electron chi connectivity index (χ1n) is 15.1. The topological polar surface area (TPSA) is 32.8 Å². The predicted octanol–water partition coefficient (Wildman–Crippen LogP) is 8.25. The minimum atomic E-state index is 0.00386. The van der Waals surface area contributed by atoms with Gasteiger partial charge in [0.05, 0.1) is 12.6 Å². The molecule has 1 aromatic carbocycles. The molecule has 1 saturated heterocycles. The van der Waals surface area contributed by atoms with Crippen molar-refractivity contribution in [2.75, 3.05) is 31.6 Å². The molecule has 0 bridgehead atoms. The lowest BCUT2D eigenvalue weighted by molar-refractivity contribution is -0.133. The highest BCUT2D eigenvalue weighted by Gasteiger charge is 2.40. The Kier molecular flexibility index (Phi) is 12.6. The molecule has 37 heavy (non-hydrogen) atoms. The average Bonchev–Trinajstić information content (AvgIpc) is 3.35. The van der Waals surface area contributed by atoms with E-state index in [1.54, 1.807) is 7.11 Å². The van der Waals surface area contributed by atoms with E-state index >= 15 is 0 Å². The molecule has 0 N–H and O–H groups in total. The third-order valence-electron chi connectivity index (χ3n) is 8.21. The monoisotopic (exact) mass is 508 g/mol. The van der Waals surface area contributed by atoms with Gasteiger partial charge in [-0.05, 0) is 76.3 Å². The van der Waals surface area contributed by atoms with Gasteiger partial charge in [-0.15, -0.1) is 0 Å². The van der Waals surface area contributed by atoms with E-state index in [0.717, 1.165) is 57.5 Å². The van der Waals surface area contributed by atoms with Crippen LogP contribution in [0.25, 0.3) is 0 Å². The van der Waals surface area contributed by atoms with Crippen LogP contribution in [0.4, 0.5) is 5.69 Å². The Bertz CT molecular complexity index is 877. The van der Waals surface area contributed by atoms with Crippen molar-refractivity contribution in [2.24, 2.45) is 0 Å². The van der Waals surface area contributed by atoms with Crippen LogP contribution in [0.15, 0.2) is 42.5 Å². The van der Waals surface area contributed by atoms with Crippen molar-refractivity contribution in [3.63, 3.8) is 0 Å². The number of ether oxygens (including phenoxy) is 1. The lowest BCUT2D eigenvalue weighted by atomic mass is 9.88. The molecule has 0 radical (unpaired) electrons. The molecule has 1 atom stereocenters. The summed E-state index contributed by atoms with van der Waals surface area (Å²) in [6, 6.07) is 6.44. The quantitative estimate of drug-likeness (QED) is 0.166. The van der Waals surface area contributed by atoms with Gasteiger partial charge in [-0.25, -0.2) is 0 Å². The smallest absolute Gasteiger partial charge is 0.222 e. The molecular weight excluding hydrogens is 456 g/mol. The zero-order valence-electron chi connectivity index (χ0n) is 24.0. The van der Waals surface area contributed by atoms with Gasteiger partial charge in [-0.1, -0.05) is 69.4 Å². The Morgan fingerprint density at radius 3 is 2.46 bits per heavy atom. The molecule has 1 unspecified atom stereocenters. The van der Waals surface area contributed by atoms with Crippen molar-refractivity contribution in [2.45, 2.75) is 116 Å². The van der Waals surface area contributed by atoms with E-state index in [1.165, 1.54) is 69.0 Å². The number of anilines is 1. The number of hydrogen-bond donors (Lipinski definition) is 0. The molecule has 0 aliphatic carbocycles. The van der Waals surface area contributed by atoms with Crippen LogP contribution in [0.2, 0.25) is 0 Å². The first-order valence-corrected chi connectivity index (χ1v) is 15.1. The van der Waals surface area contributed by atoms with E-state index in [4.69, 9.17) is 4.74 Å². The summed E-state index contributed by atoms with van der Waals surface area (Å²) in [5.41, 5.74) is 2.70. The number of carbonyl (C=O) groups is 1. The first kappa shape index (κ1) is 29.3. The molecule has 0 aromatic heterocycles. The Labute approximate surface area is 227 Å². The van der Waals surface area contributed by atoms with Gasteiger partial charge in [0.1, 0.15) is 5.75 Å². The van der Waals surface area contributed by atoms with Crippen molar-refractivity contribution in [3.05, 3.63) is 48.1 Å². The SMILES string of the molecule is CCCCC/C=C\C/C=C\CCCCCCCC(=O)N1CCCC(C)(N2CCc3ccc(OC)cc32)C1. The van der Waals surface area contributed by atoms with Crippen molar-refractivity contribution in [1.29, 1.82) is 0 Å². The number of allylic oxidation sites excluding steroid dienone is 4. The maximum absolute atomic E-state index is 13.1. The maximum atomic E-state index is 13.1.